The minimum atomic E-state index is -4.60. The van der Waals surface area contributed by atoms with E-state index in [4.69, 9.17) is 8.85 Å². The first-order valence-corrected chi connectivity index (χ1v) is 7.34. The molecule has 0 unspecified atom stereocenters. The van der Waals surface area contributed by atoms with Crippen LogP contribution in [-0.2, 0) is 20.3 Å². The lowest BCUT2D eigenvalue weighted by molar-refractivity contribution is 0.0563. The van der Waals surface area contributed by atoms with Crippen LogP contribution < -0.4 is 4.74 Å². The smallest absolute Gasteiger partial charge is 0.298 e. The van der Waals surface area contributed by atoms with Crippen molar-refractivity contribution in [2.24, 2.45) is 0 Å². The zero-order valence-electron chi connectivity index (χ0n) is 13.5. The van der Waals surface area contributed by atoms with Gasteiger partial charge in [-0.3, -0.25) is 4.55 Å². The summed E-state index contributed by atoms with van der Waals surface area (Å²) in [6, 6.07) is 4.17. The van der Waals surface area contributed by atoms with Gasteiger partial charge in [-0.1, -0.05) is 13.0 Å². The summed E-state index contributed by atoms with van der Waals surface area (Å²) in [4.78, 5) is -0.533. The third-order valence-corrected chi connectivity index (χ3v) is 4.50. The largest absolute Gasteiger partial charge is 0.495 e. The SMILES string of the molecule is [2H]C([2H])([2H])Oc1ccc(C2(C)CCOCC2)cc1S(=O)(=O)O. The van der Waals surface area contributed by atoms with Crippen LogP contribution in [0.1, 0.15) is 29.4 Å². The van der Waals surface area contributed by atoms with E-state index in [0.717, 1.165) is 0 Å². The van der Waals surface area contributed by atoms with Crippen molar-refractivity contribution in [2.45, 2.75) is 30.1 Å². The minimum Gasteiger partial charge on any atom is -0.495 e. The molecule has 1 aliphatic rings. The number of hydrogen-bond acceptors (Lipinski definition) is 4. The van der Waals surface area contributed by atoms with Crippen LogP contribution in [0, 0.1) is 0 Å². The van der Waals surface area contributed by atoms with Gasteiger partial charge in [0, 0.05) is 13.2 Å². The van der Waals surface area contributed by atoms with Crippen molar-refractivity contribution in [1.29, 1.82) is 0 Å². The van der Waals surface area contributed by atoms with Crippen LogP contribution in [0.15, 0.2) is 23.1 Å². The molecule has 0 aliphatic carbocycles. The van der Waals surface area contributed by atoms with Crippen LogP contribution in [0.3, 0.4) is 0 Å². The summed E-state index contributed by atoms with van der Waals surface area (Å²) in [5.74, 6) is -0.387. The number of methoxy groups -OCH3 is 1. The van der Waals surface area contributed by atoms with Gasteiger partial charge in [-0.15, -0.1) is 0 Å². The monoisotopic (exact) mass is 289 g/mol. The van der Waals surface area contributed by atoms with Crippen molar-refractivity contribution in [3.8, 4) is 5.75 Å². The molecule has 1 aliphatic heterocycles. The summed E-state index contributed by atoms with van der Waals surface area (Å²) in [6.07, 6.45) is 1.41. The van der Waals surface area contributed by atoms with Gasteiger partial charge in [0.2, 0.25) is 0 Å². The molecule has 6 heteroatoms. The fourth-order valence-corrected chi connectivity index (χ4v) is 2.92. The van der Waals surface area contributed by atoms with Gasteiger partial charge in [0.05, 0.1) is 11.2 Å². The molecule has 0 bridgehead atoms. The number of rotatable bonds is 3. The highest BCUT2D eigenvalue weighted by molar-refractivity contribution is 7.86. The fourth-order valence-electron chi connectivity index (χ4n) is 2.28. The average Bonchev–Trinajstić information content (AvgIpc) is 2.36. The quantitative estimate of drug-likeness (QED) is 0.862. The van der Waals surface area contributed by atoms with E-state index in [0.29, 0.717) is 31.6 Å². The van der Waals surface area contributed by atoms with Gasteiger partial charge < -0.3 is 9.47 Å². The third kappa shape index (κ3) is 2.91. The molecule has 0 atom stereocenters. The highest BCUT2D eigenvalue weighted by Gasteiger charge is 2.31. The summed E-state index contributed by atoms with van der Waals surface area (Å²) in [5, 5.41) is 0. The standard InChI is InChI=1S/C13H18O5S/c1-13(5-7-18-8-6-13)10-3-4-11(17-2)12(9-10)19(14,15)16/h3-4,9H,5-8H2,1-2H3,(H,14,15,16)/i2D3. The van der Waals surface area contributed by atoms with Gasteiger partial charge in [0.15, 0.2) is 0 Å². The Bertz CT molecular complexity index is 648. The van der Waals surface area contributed by atoms with E-state index in [1.165, 1.54) is 12.1 Å². The lowest BCUT2D eigenvalue weighted by atomic mass is 9.76. The predicted molar refractivity (Wildman–Crippen MR) is 70.2 cm³/mol. The molecule has 0 spiro atoms. The summed E-state index contributed by atoms with van der Waals surface area (Å²) in [6.45, 7) is 3.10. The van der Waals surface area contributed by atoms with Gasteiger partial charge in [0.25, 0.3) is 10.1 Å². The van der Waals surface area contributed by atoms with Crippen molar-refractivity contribution < 1.29 is 26.6 Å². The Morgan fingerprint density at radius 2 is 2.11 bits per heavy atom. The first-order valence-electron chi connectivity index (χ1n) is 7.40. The summed E-state index contributed by atoms with van der Waals surface area (Å²) < 4.78 is 63.7. The highest BCUT2D eigenvalue weighted by atomic mass is 32.2. The van der Waals surface area contributed by atoms with Crippen LogP contribution in [0.25, 0.3) is 0 Å². The number of hydrogen-bond donors (Lipinski definition) is 1. The molecule has 1 aromatic carbocycles. The first-order chi connectivity index (χ1) is 10.0. The van der Waals surface area contributed by atoms with Crippen molar-refractivity contribution in [1.82, 2.24) is 0 Å². The Kier molecular flexibility index (Phi) is 2.86. The highest BCUT2D eigenvalue weighted by Crippen LogP contribution is 2.37. The second kappa shape index (κ2) is 5.11. The second-order valence-electron chi connectivity index (χ2n) is 4.91. The molecule has 0 radical (unpaired) electrons. The maximum Gasteiger partial charge on any atom is 0.298 e. The molecule has 1 fully saturated rings. The van der Waals surface area contributed by atoms with Gasteiger partial charge in [-0.2, -0.15) is 8.42 Å². The van der Waals surface area contributed by atoms with Crippen LogP contribution in [0.4, 0.5) is 0 Å². The number of benzene rings is 1. The van der Waals surface area contributed by atoms with Crippen molar-refractivity contribution in [3.05, 3.63) is 23.8 Å². The lowest BCUT2D eigenvalue weighted by Crippen LogP contribution is -2.30. The fraction of sp³-hybridized carbons (Fsp3) is 0.538. The molecule has 19 heavy (non-hydrogen) atoms. The van der Waals surface area contributed by atoms with Gasteiger partial charge >= 0.3 is 0 Å². The molecule has 0 amide bonds. The topological polar surface area (TPSA) is 72.8 Å². The average molecular weight is 289 g/mol. The van der Waals surface area contributed by atoms with Crippen LogP contribution >= 0.6 is 0 Å². The van der Waals surface area contributed by atoms with E-state index in [1.54, 1.807) is 6.07 Å². The lowest BCUT2D eigenvalue weighted by Gasteiger charge is -2.34. The molecule has 2 rings (SSSR count). The summed E-state index contributed by atoms with van der Waals surface area (Å²) in [5.41, 5.74) is 0.400. The van der Waals surface area contributed by atoms with Crippen molar-refractivity contribution in [2.75, 3.05) is 20.3 Å². The normalized spacial score (nSPS) is 22.1. The summed E-state index contributed by atoms with van der Waals surface area (Å²) in [7, 11) is -7.40. The van der Waals surface area contributed by atoms with Crippen molar-refractivity contribution in [3.63, 3.8) is 0 Å². The zero-order chi connectivity index (χ0) is 16.6. The first kappa shape index (κ1) is 10.7. The van der Waals surface area contributed by atoms with E-state index in [9.17, 15) is 13.0 Å². The minimum absolute atomic E-state index is 0.295. The molecule has 1 N–H and O–H groups in total. The van der Waals surface area contributed by atoms with Crippen LogP contribution in [0.5, 0.6) is 5.75 Å². The van der Waals surface area contributed by atoms with E-state index < -0.39 is 22.1 Å². The van der Waals surface area contributed by atoms with Gasteiger partial charge in [-0.05, 0) is 36.0 Å². The Hall–Kier alpha value is -1.11. The molecular formula is C13H18O5S. The van der Waals surface area contributed by atoms with Crippen LogP contribution in [0.2, 0.25) is 0 Å². The van der Waals surface area contributed by atoms with E-state index in [-0.39, 0.29) is 11.2 Å². The molecule has 106 valence electrons. The van der Waals surface area contributed by atoms with E-state index in [1.807, 2.05) is 6.92 Å². The molecular weight excluding hydrogens is 268 g/mol. The summed E-state index contributed by atoms with van der Waals surface area (Å²) >= 11 is 0. The van der Waals surface area contributed by atoms with Crippen molar-refractivity contribution >= 4 is 10.1 Å². The maximum absolute atomic E-state index is 11.5. The maximum atomic E-state index is 11.5. The Morgan fingerprint density at radius 3 is 2.68 bits per heavy atom. The molecule has 5 nitrogen and oxygen atoms in total. The molecule has 1 heterocycles. The van der Waals surface area contributed by atoms with E-state index >= 15 is 0 Å². The third-order valence-electron chi connectivity index (χ3n) is 3.62. The Morgan fingerprint density at radius 1 is 1.42 bits per heavy atom. The predicted octanol–water partition coefficient (Wildman–Crippen LogP) is 2.01. The molecule has 1 saturated heterocycles. The van der Waals surface area contributed by atoms with Crippen LogP contribution in [-0.4, -0.2) is 33.2 Å². The zero-order valence-corrected chi connectivity index (χ0v) is 11.4. The Balaban J connectivity index is 2.48. The molecule has 0 saturated carbocycles. The second-order valence-corrected chi connectivity index (χ2v) is 6.30. The Labute approximate surface area is 117 Å². The van der Waals surface area contributed by atoms with E-state index in [2.05, 4.69) is 4.74 Å². The van der Waals surface area contributed by atoms with Gasteiger partial charge in [-0.25, -0.2) is 0 Å². The van der Waals surface area contributed by atoms with Gasteiger partial charge in [0.1, 0.15) is 10.6 Å². The molecule has 0 aromatic heterocycles. The molecule has 1 aromatic rings. The number of ether oxygens (including phenoxy) is 2.